The van der Waals surface area contributed by atoms with E-state index in [9.17, 15) is 9.59 Å². The molecular weight excluding hydrogens is 472 g/mol. The van der Waals surface area contributed by atoms with Gasteiger partial charge in [0.25, 0.3) is 5.56 Å². The maximum Gasteiger partial charge on any atom is 0.338 e. The molecule has 0 aliphatic carbocycles. The highest BCUT2D eigenvalue weighted by molar-refractivity contribution is 7.07. The van der Waals surface area contributed by atoms with Crippen LogP contribution in [0, 0.1) is 0 Å². The first-order valence-corrected chi connectivity index (χ1v) is 11.9. The lowest BCUT2D eigenvalue weighted by Crippen LogP contribution is -2.39. The van der Waals surface area contributed by atoms with Crippen molar-refractivity contribution in [2.24, 2.45) is 4.99 Å². The van der Waals surface area contributed by atoms with Gasteiger partial charge in [0, 0.05) is 5.02 Å². The fourth-order valence-electron chi connectivity index (χ4n) is 3.72. The number of esters is 1. The van der Waals surface area contributed by atoms with Gasteiger partial charge in [-0.1, -0.05) is 59.9 Å². The SMILES string of the molecule is C=CCOc1ccc(C=c2sc3n(c2=O)[C@@H](c2ccc(Cl)cc2)C(C(=O)OCC)=C(C)N=3)cc1. The summed E-state index contributed by atoms with van der Waals surface area (Å²) in [5.74, 6) is 0.226. The smallest absolute Gasteiger partial charge is 0.338 e. The molecule has 0 saturated carbocycles. The summed E-state index contributed by atoms with van der Waals surface area (Å²) in [6, 6.07) is 13.9. The van der Waals surface area contributed by atoms with Gasteiger partial charge in [-0.2, -0.15) is 0 Å². The third-order valence-corrected chi connectivity index (χ3v) is 6.48. The first-order chi connectivity index (χ1) is 16.4. The summed E-state index contributed by atoms with van der Waals surface area (Å²) in [7, 11) is 0. The molecule has 174 valence electrons. The Hall–Kier alpha value is -3.42. The van der Waals surface area contributed by atoms with Crippen LogP contribution in [0.25, 0.3) is 6.08 Å². The van der Waals surface area contributed by atoms with E-state index in [0.717, 1.165) is 16.9 Å². The number of nitrogens with zero attached hydrogens (tertiary/aromatic N) is 2. The summed E-state index contributed by atoms with van der Waals surface area (Å²) in [6.07, 6.45) is 3.49. The van der Waals surface area contributed by atoms with Gasteiger partial charge in [0.05, 0.1) is 28.5 Å². The third-order valence-electron chi connectivity index (χ3n) is 5.25. The summed E-state index contributed by atoms with van der Waals surface area (Å²) in [6.45, 7) is 7.79. The number of benzene rings is 2. The minimum absolute atomic E-state index is 0.222. The van der Waals surface area contributed by atoms with Gasteiger partial charge < -0.3 is 9.47 Å². The van der Waals surface area contributed by atoms with Crippen LogP contribution >= 0.6 is 22.9 Å². The second-order valence-corrected chi connectivity index (χ2v) is 8.97. The standard InChI is InChI=1S/C26H23ClN2O4S/c1-4-14-33-20-12-6-17(7-13-20)15-21-24(30)29-23(18-8-10-19(27)11-9-18)22(25(31)32-5-2)16(3)28-26(29)34-21/h4,6-13,15,23H,1,5,14H2,2-3H3/t23-/m0/s1. The van der Waals surface area contributed by atoms with Gasteiger partial charge in [0.1, 0.15) is 12.4 Å². The second kappa shape index (κ2) is 10.2. The van der Waals surface area contributed by atoms with Gasteiger partial charge in [0.15, 0.2) is 4.80 Å². The van der Waals surface area contributed by atoms with Crippen LogP contribution in [-0.2, 0) is 9.53 Å². The van der Waals surface area contributed by atoms with E-state index in [4.69, 9.17) is 21.1 Å². The molecule has 0 bridgehead atoms. The zero-order valence-electron chi connectivity index (χ0n) is 18.8. The predicted octanol–water partition coefficient (Wildman–Crippen LogP) is 4.02. The lowest BCUT2D eigenvalue weighted by Gasteiger charge is -2.24. The largest absolute Gasteiger partial charge is 0.490 e. The van der Waals surface area contributed by atoms with E-state index in [1.165, 1.54) is 11.3 Å². The number of halogens is 1. The van der Waals surface area contributed by atoms with Gasteiger partial charge >= 0.3 is 5.97 Å². The van der Waals surface area contributed by atoms with Gasteiger partial charge in [-0.3, -0.25) is 9.36 Å². The average Bonchev–Trinajstić information content (AvgIpc) is 3.12. The summed E-state index contributed by atoms with van der Waals surface area (Å²) in [5, 5.41) is 0.565. The zero-order valence-corrected chi connectivity index (χ0v) is 20.4. The predicted molar refractivity (Wildman–Crippen MR) is 134 cm³/mol. The molecule has 1 atom stereocenters. The molecule has 6 nitrogen and oxygen atoms in total. The topological polar surface area (TPSA) is 69.9 Å². The Morgan fingerprint density at radius 3 is 2.56 bits per heavy atom. The number of allylic oxidation sites excluding steroid dienone is 1. The molecule has 3 aromatic rings. The maximum absolute atomic E-state index is 13.6. The number of thiazole rings is 1. The molecule has 2 aromatic carbocycles. The fraction of sp³-hybridized carbons (Fsp3) is 0.192. The fourth-order valence-corrected chi connectivity index (χ4v) is 4.89. The van der Waals surface area contributed by atoms with Crippen molar-refractivity contribution in [1.29, 1.82) is 0 Å². The van der Waals surface area contributed by atoms with Crippen molar-refractivity contribution in [3.63, 3.8) is 0 Å². The van der Waals surface area contributed by atoms with E-state index in [-0.39, 0.29) is 12.2 Å². The number of ether oxygens (including phenoxy) is 2. The number of aromatic nitrogens is 1. The summed E-state index contributed by atoms with van der Waals surface area (Å²) in [5.41, 5.74) is 2.23. The van der Waals surface area contributed by atoms with E-state index in [1.807, 2.05) is 42.5 Å². The number of carbonyl (C=O) groups is 1. The Kier molecular flexibility index (Phi) is 7.14. The minimum atomic E-state index is -0.663. The van der Waals surface area contributed by atoms with Gasteiger partial charge in [0.2, 0.25) is 0 Å². The molecule has 0 fully saturated rings. The molecule has 0 radical (unpaired) electrons. The molecule has 8 heteroatoms. The molecule has 0 unspecified atom stereocenters. The second-order valence-electron chi connectivity index (χ2n) is 7.52. The molecule has 0 N–H and O–H groups in total. The molecule has 4 rings (SSSR count). The number of carbonyl (C=O) groups excluding carboxylic acids is 1. The Morgan fingerprint density at radius 1 is 1.21 bits per heavy atom. The van der Waals surface area contributed by atoms with Crippen molar-refractivity contribution in [1.82, 2.24) is 4.57 Å². The van der Waals surface area contributed by atoms with Crippen LogP contribution in [0.15, 0.2) is 82.2 Å². The molecule has 0 saturated heterocycles. The summed E-state index contributed by atoms with van der Waals surface area (Å²) < 4.78 is 12.9. The van der Waals surface area contributed by atoms with Crippen molar-refractivity contribution in [3.8, 4) is 5.75 Å². The van der Waals surface area contributed by atoms with E-state index >= 15 is 0 Å². The lowest BCUT2D eigenvalue weighted by atomic mass is 9.96. The Bertz CT molecular complexity index is 1430. The van der Waals surface area contributed by atoms with Crippen molar-refractivity contribution in [2.75, 3.05) is 13.2 Å². The normalized spacial score (nSPS) is 15.5. The minimum Gasteiger partial charge on any atom is -0.490 e. The van der Waals surface area contributed by atoms with Crippen molar-refractivity contribution >= 4 is 35.0 Å². The van der Waals surface area contributed by atoms with Crippen molar-refractivity contribution < 1.29 is 14.3 Å². The number of fused-ring (bicyclic) bond motifs is 1. The van der Waals surface area contributed by atoms with Gasteiger partial charge in [-0.25, -0.2) is 9.79 Å². The van der Waals surface area contributed by atoms with Gasteiger partial charge in [-0.15, -0.1) is 0 Å². The molecule has 0 spiro atoms. The highest BCUT2D eigenvalue weighted by Crippen LogP contribution is 2.31. The Morgan fingerprint density at radius 2 is 1.91 bits per heavy atom. The summed E-state index contributed by atoms with van der Waals surface area (Å²) in [4.78, 5) is 31.5. The van der Waals surface area contributed by atoms with Crippen LogP contribution in [0.3, 0.4) is 0 Å². The molecule has 1 aliphatic heterocycles. The van der Waals surface area contributed by atoms with Crippen molar-refractivity contribution in [2.45, 2.75) is 19.9 Å². The lowest BCUT2D eigenvalue weighted by molar-refractivity contribution is -0.139. The van der Waals surface area contributed by atoms with Crippen molar-refractivity contribution in [3.05, 3.63) is 108 Å². The van der Waals surface area contributed by atoms with Crippen LogP contribution in [-0.4, -0.2) is 23.8 Å². The van der Waals surface area contributed by atoms with Gasteiger partial charge in [-0.05, 0) is 55.3 Å². The number of hydrogen-bond acceptors (Lipinski definition) is 6. The number of hydrogen-bond donors (Lipinski definition) is 0. The average molecular weight is 495 g/mol. The quantitative estimate of drug-likeness (QED) is 0.367. The monoisotopic (exact) mass is 494 g/mol. The Labute approximate surface area is 205 Å². The molecular formula is C26H23ClN2O4S. The van der Waals surface area contributed by atoms with E-state index in [2.05, 4.69) is 11.6 Å². The van der Waals surface area contributed by atoms with Crippen LogP contribution in [0.1, 0.15) is 31.0 Å². The van der Waals surface area contributed by atoms with E-state index < -0.39 is 12.0 Å². The Balaban J connectivity index is 1.84. The first-order valence-electron chi connectivity index (χ1n) is 10.7. The maximum atomic E-state index is 13.6. The van der Waals surface area contributed by atoms with E-state index in [1.54, 1.807) is 36.6 Å². The molecule has 34 heavy (non-hydrogen) atoms. The van der Waals surface area contributed by atoms with Crippen LogP contribution in [0.4, 0.5) is 0 Å². The molecule has 2 heterocycles. The highest BCUT2D eigenvalue weighted by atomic mass is 35.5. The highest BCUT2D eigenvalue weighted by Gasteiger charge is 2.33. The van der Waals surface area contributed by atoms with Crippen LogP contribution in [0.2, 0.25) is 5.02 Å². The number of rotatable bonds is 7. The molecule has 0 amide bonds. The molecule has 1 aliphatic rings. The third kappa shape index (κ3) is 4.76. The zero-order chi connectivity index (χ0) is 24.2. The van der Waals surface area contributed by atoms with Crippen LogP contribution < -0.4 is 19.6 Å². The summed E-state index contributed by atoms with van der Waals surface area (Å²) >= 11 is 7.36. The van der Waals surface area contributed by atoms with Crippen LogP contribution in [0.5, 0.6) is 5.75 Å². The molecule has 1 aromatic heterocycles. The van der Waals surface area contributed by atoms with E-state index in [0.29, 0.717) is 32.2 Å². The first kappa shape index (κ1) is 23.7.